The molecule has 0 radical (unpaired) electrons. The van der Waals surface area contributed by atoms with Crippen LogP contribution < -0.4 is 0 Å². The zero-order valence-electron chi connectivity index (χ0n) is 13.4. The highest BCUT2D eigenvalue weighted by Gasteiger charge is 2.28. The summed E-state index contributed by atoms with van der Waals surface area (Å²) in [4.78, 5) is 0.376. The molecule has 0 heterocycles. The van der Waals surface area contributed by atoms with Gasteiger partial charge in [0.15, 0.2) is 0 Å². The summed E-state index contributed by atoms with van der Waals surface area (Å²) in [5, 5.41) is 9.42. The van der Waals surface area contributed by atoms with Crippen LogP contribution in [0.15, 0.2) is 4.90 Å². The van der Waals surface area contributed by atoms with Crippen molar-refractivity contribution in [2.24, 2.45) is 0 Å². The molecule has 1 aromatic carbocycles. The molecule has 1 N–H and O–H groups in total. The van der Waals surface area contributed by atoms with E-state index in [1.54, 1.807) is 6.92 Å². The average molecular weight is 299 g/mol. The van der Waals surface area contributed by atoms with Gasteiger partial charge in [0, 0.05) is 13.6 Å². The monoisotopic (exact) mass is 299 g/mol. The molecular weight excluding hydrogens is 274 g/mol. The van der Waals surface area contributed by atoms with Crippen LogP contribution in [0.3, 0.4) is 0 Å². The second kappa shape index (κ2) is 5.84. The zero-order valence-corrected chi connectivity index (χ0v) is 14.2. The molecule has 0 aliphatic carbocycles. The Morgan fingerprint density at radius 3 is 1.65 bits per heavy atom. The van der Waals surface area contributed by atoms with Crippen molar-refractivity contribution in [1.82, 2.24) is 4.31 Å². The SMILES string of the molecule is Cc1c(C)c(C)c(S(=O)(=O)N(C)CC(C)O)c(C)c1C. The van der Waals surface area contributed by atoms with Gasteiger partial charge in [-0.05, 0) is 69.4 Å². The lowest BCUT2D eigenvalue weighted by atomic mass is 9.95. The van der Waals surface area contributed by atoms with Crippen molar-refractivity contribution in [1.29, 1.82) is 0 Å². The van der Waals surface area contributed by atoms with Crippen molar-refractivity contribution >= 4 is 10.0 Å². The summed E-state index contributed by atoms with van der Waals surface area (Å²) in [5.41, 5.74) is 4.75. The first-order valence-corrected chi connectivity index (χ1v) is 8.17. The minimum absolute atomic E-state index is 0.0905. The van der Waals surface area contributed by atoms with Crippen LogP contribution in [0.1, 0.15) is 34.7 Å². The second-order valence-corrected chi connectivity index (χ2v) is 7.57. The summed E-state index contributed by atoms with van der Waals surface area (Å²) in [7, 11) is -2.08. The molecule has 0 amide bonds. The fourth-order valence-corrected chi connectivity index (χ4v) is 4.28. The van der Waals surface area contributed by atoms with Gasteiger partial charge in [-0.2, -0.15) is 4.31 Å². The Hall–Kier alpha value is -0.910. The zero-order chi connectivity index (χ0) is 15.8. The van der Waals surface area contributed by atoms with Crippen LogP contribution in [0.2, 0.25) is 0 Å². The van der Waals surface area contributed by atoms with E-state index in [1.165, 1.54) is 11.4 Å². The molecule has 4 nitrogen and oxygen atoms in total. The van der Waals surface area contributed by atoms with Gasteiger partial charge in [-0.25, -0.2) is 8.42 Å². The molecule has 0 aliphatic heterocycles. The average Bonchev–Trinajstić information content (AvgIpc) is 2.33. The maximum Gasteiger partial charge on any atom is 0.243 e. The van der Waals surface area contributed by atoms with Crippen molar-refractivity contribution in [2.75, 3.05) is 13.6 Å². The highest BCUT2D eigenvalue weighted by atomic mass is 32.2. The van der Waals surface area contributed by atoms with Crippen LogP contribution in [-0.4, -0.2) is 37.5 Å². The number of hydrogen-bond donors (Lipinski definition) is 1. The fraction of sp³-hybridized carbons (Fsp3) is 0.600. The maximum absolute atomic E-state index is 12.7. The number of aliphatic hydroxyl groups is 1. The molecule has 0 saturated heterocycles. The topological polar surface area (TPSA) is 57.6 Å². The van der Waals surface area contributed by atoms with Crippen molar-refractivity contribution in [3.05, 3.63) is 27.8 Å². The fourth-order valence-electron chi connectivity index (χ4n) is 2.48. The molecule has 1 atom stereocenters. The number of rotatable bonds is 4. The maximum atomic E-state index is 12.7. The lowest BCUT2D eigenvalue weighted by molar-refractivity contribution is 0.171. The quantitative estimate of drug-likeness (QED) is 0.927. The van der Waals surface area contributed by atoms with Gasteiger partial charge in [-0.3, -0.25) is 0 Å². The number of aliphatic hydroxyl groups excluding tert-OH is 1. The molecule has 0 aliphatic rings. The number of hydrogen-bond acceptors (Lipinski definition) is 3. The minimum Gasteiger partial charge on any atom is -0.392 e. The molecular formula is C15H25NO3S. The number of benzene rings is 1. The highest BCUT2D eigenvalue weighted by Crippen LogP contribution is 2.31. The first kappa shape index (κ1) is 17.1. The van der Waals surface area contributed by atoms with E-state index in [0.29, 0.717) is 4.90 Å². The van der Waals surface area contributed by atoms with Gasteiger partial charge in [-0.1, -0.05) is 0 Å². The summed E-state index contributed by atoms with van der Waals surface area (Å²) in [6.45, 7) is 11.3. The molecule has 5 heteroatoms. The van der Waals surface area contributed by atoms with Crippen LogP contribution in [0, 0.1) is 34.6 Å². The van der Waals surface area contributed by atoms with Gasteiger partial charge in [0.2, 0.25) is 10.0 Å². The van der Waals surface area contributed by atoms with Crippen molar-refractivity contribution in [2.45, 2.75) is 52.5 Å². The van der Waals surface area contributed by atoms with Crippen LogP contribution in [-0.2, 0) is 10.0 Å². The van der Waals surface area contributed by atoms with E-state index < -0.39 is 16.1 Å². The predicted molar refractivity (Wildman–Crippen MR) is 81.6 cm³/mol. The van der Waals surface area contributed by atoms with E-state index in [9.17, 15) is 13.5 Å². The number of sulfonamides is 1. The molecule has 1 aromatic rings. The van der Waals surface area contributed by atoms with Gasteiger partial charge in [0.1, 0.15) is 0 Å². The minimum atomic E-state index is -3.58. The van der Waals surface area contributed by atoms with Crippen LogP contribution >= 0.6 is 0 Å². The van der Waals surface area contributed by atoms with Crippen LogP contribution in [0.5, 0.6) is 0 Å². The third-order valence-corrected chi connectivity index (χ3v) is 6.22. The van der Waals surface area contributed by atoms with Crippen molar-refractivity contribution < 1.29 is 13.5 Å². The summed E-state index contributed by atoms with van der Waals surface area (Å²) in [6, 6.07) is 0. The Balaban J connectivity index is 3.55. The first-order valence-electron chi connectivity index (χ1n) is 6.73. The van der Waals surface area contributed by atoms with Crippen LogP contribution in [0.4, 0.5) is 0 Å². The van der Waals surface area contributed by atoms with Crippen molar-refractivity contribution in [3.63, 3.8) is 0 Å². The summed E-state index contributed by atoms with van der Waals surface area (Å²) < 4.78 is 26.7. The summed E-state index contributed by atoms with van der Waals surface area (Å²) >= 11 is 0. The first-order chi connectivity index (χ1) is 9.01. The smallest absolute Gasteiger partial charge is 0.243 e. The number of likely N-dealkylation sites (N-methyl/N-ethyl adjacent to an activating group) is 1. The second-order valence-electron chi connectivity index (χ2n) is 5.59. The van der Waals surface area contributed by atoms with E-state index in [2.05, 4.69) is 0 Å². The normalized spacial score (nSPS) is 13.8. The molecule has 0 aromatic heterocycles. The van der Waals surface area contributed by atoms with Gasteiger partial charge < -0.3 is 5.11 Å². The van der Waals surface area contributed by atoms with E-state index in [1.807, 2.05) is 34.6 Å². The van der Waals surface area contributed by atoms with Crippen molar-refractivity contribution in [3.8, 4) is 0 Å². The largest absolute Gasteiger partial charge is 0.392 e. The van der Waals surface area contributed by atoms with Gasteiger partial charge in [0.25, 0.3) is 0 Å². The van der Waals surface area contributed by atoms with E-state index >= 15 is 0 Å². The Kier molecular flexibility index (Phi) is 5.00. The Morgan fingerprint density at radius 1 is 0.950 bits per heavy atom. The third kappa shape index (κ3) is 2.90. The molecule has 0 bridgehead atoms. The Bertz CT molecular complexity index is 589. The Labute approximate surface area is 122 Å². The van der Waals surface area contributed by atoms with E-state index in [-0.39, 0.29) is 6.54 Å². The lowest BCUT2D eigenvalue weighted by Crippen LogP contribution is -2.34. The molecule has 114 valence electrons. The molecule has 0 spiro atoms. The molecule has 0 fully saturated rings. The lowest BCUT2D eigenvalue weighted by Gasteiger charge is -2.24. The standard InChI is InChI=1S/C15H25NO3S/c1-9(17)8-16(7)20(18,19)15-13(5)11(3)10(2)12(4)14(15)6/h9,17H,8H2,1-7H3. The summed E-state index contributed by atoms with van der Waals surface area (Å²) in [5.74, 6) is 0. The Morgan fingerprint density at radius 2 is 1.30 bits per heavy atom. The van der Waals surface area contributed by atoms with Gasteiger partial charge in [-0.15, -0.1) is 0 Å². The highest BCUT2D eigenvalue weighted by molar-refractivity contribution is 7.89. The molecule has 0 saturated carbocycles. The molecule has 20 heavy (non-hydrogen) atoms. The van der Waals surface area contributed by atoms with Gasteiger partial charge >= 0.3 is 0 Å². The van der Waals surface area contributed by atoms with E-state index in [0.717, 1.165) is 27.8 Å². The molecule has 1 unspecified atom stereocenters. The van der Waals surface area contributed by atoms with Crippen LogP contribution in [0.25, 0.3) is 0 Å². The molecule has 1 rings (SSSR count). The van der Waals surface area contributed by atoms with Gasteiger partial charge in [0.05, 0.1) is 11.0 Å². The predicted octanol–water partition coefficient (Wildman–Crippen LogP) is 2.23. The number of nitrogens with zero attached hydrogens (tertiary/aromatic N) is 1. The van der Waals surface area contributed by atoms with E-state index in [4.69, 9.17) is 0 Å². The third-order valence-electron chi connectivity index (χ3n) is 4.12. The summed E-state index contributed by atoms with van der Waals surface area (Å²) in [6.07, 6.45) is -0.692.